The maximum absolute atomic E-state index is 14.0. The van der Waals surface area contributed by atoms with Crippen LogP contribution in [0.4, 0.5) is 0 Å². The van der Waals surface area contributed by atoms with Gasteiger partial charge in [0.05, 0.1) is 11.5 Å². The van der Waals surface area contributed by atoms with Gasteiger partial charge in [-0.3, -0.25) is 0 Å². The molecular weight excluding hydrogens is 745 g/mol. The molecule has 0 aliphatic carbocycles. The van der Waals surface area contributed by atoms with Crippen molar-refractivity contribution in [3.8, 4) is 0 Å². The molecule has 58 heavy (non-hydrogen) atoms. The van der Waals surface area contributed by atoms with Crippen LogP contribution in [0.2, 0.25) is 36.3 Å². The molecule has 0 rings (SSSR count). The van der Waals surface area contributed by atoms with Crippen LogP contribution in [0.15, 0.2) is 12.2 Å². The second-order valence-corrected chi connectivity index (χ2v) is 28.5. The van der Waals surface area contributed by atoms with E-state index in [0.29, 0.717) is 0 Å². The lowest BCUT2D eigenvalue weighted by molar-refractivity contribution is -0.143. The number of esters is 2. The highest BCUT2D eigenvalue weighted by molar-refractivity contribution is 6.81. The molecule has 0 aromatic heterocycles. The summed E-state index contributed by atoms with van der Waals surface area (Å²) < 4.78 is 13.4. The summed E-state index contributed by atoms with van der Waals surface area (Å²) in [5, 5.41) is 0. The SMILES string of the molecule is CCCCCC[Si](CCCCCC)(CCCCCC)C(CCCCC)OC(=O)/C=C/C(=O)OC(CCCCC)[Si](CCCCCC)(CCCCCC)CCCCCC. The summed E-state index contributed by atoms with van der Waals surface area (Å²) in [6.07, 6.45) is 42.4. The van der Waals surface area contributed by atoms with Crippen LogP contribution in [0.5, 0.6) is 0 Å². The lowest BCUT2D eigenvalue weighted by Crippen LogP contribution is -2.50. The molecular formula is C52H104O4Si2. The summed E-state index contributed by atoms with van der Waals surface area (Å²) in [5.41, 5.74) is 0.0709. The van der Waals surface area contributed by atoms with E-state index < -0.39 is 16.1 Å². The molecule has 0 aromatic rings. The first-order chi connectivity index (χ1) is 28.3. The summed E-state index contributed by atoms with van der Waals surface area (Å²) in [7, 11) is -3.92. The number of hydrogen-bond donors (Lipinski definition) is 0. The van der Waals surface area contributed by atoms with Gasteiger partial charge in [0.2, 0.25) is 0 Å². The molecule has 0 amide bonds. The summed E-state index contributed by atoms with van der Waals surface area (Å²) >= 11 is 0. The van der Waals surface area contributed by atoms with Gasteiger partial charge in [-0.2, -0.15) is 0 Å². The van der Waals surface area contributed by atoms with Gasteiger partial charge in [-0.05, 0) is 12.8 Å². The first-order valence-electron chi connectivity index (χ1n) is 26.4. The van der Waals surface area contributed by atoms with Crippen LogP contribution in [0, 0.1) is 0 Å². The molecule has 0 saturated heterocycles. The first-order valence-corrected chi connectivity index (χ1v) is 31.8. The zero-order chi connectivity index (χ0) is 43.0. The highest BCUT2D eigenvalue weighted by Crippen LogP contribution is 2.38. The molecule has 2 atom stereocenters. The van der Waals surface area contributed by atoms with Crippen molar-refractivity contribution < 1.29 is 19.1 Å². The molecule has 0 radical (unpaired) electrons. The molecule has 6 heteroatoms. The van der Waals surface area contributed by atoms with Crippen molar-refractivity contribution in [2.24, 2.45) is 0 Å². The normalized spacial score (nSPS) is 13.3. The molecule has 0 aromatic carbocycles. The Kier molecular flexibility index (Phi) is 39.6. The van der Waals surface area contributed by atoms with Crippen LogP contribution in [0.1, 0.15) is 261 Å². The molecule has 0 heterocycles. The summed E-state index contributed by atoms with van der Waals surface area (Å²) in [6.45, 7) is 18.4. The third-order valence-electron chi connectivity index (χ3n) is 13.5. The van der Waals surface area contributed by atoms with Gasteiger partial charge in [-0.25, -0.2) is 9.59 Å². The Labute approximate surface area is 366 Å². The van der Waals surface area contributed by atoms with Gasteiger partial charge < -0.3 is 9.47 Å². The second kappa shape index (κ2) is 40.2. The molecule has 0 aliphatic heterocycles. The van der Waals surface area contributed by atoms with E-state index >= 15 is 0 Å². The Morgan fingerprint density at radius 3 is 0.741 bits per heavy atom. The van der Waals surface area contributed by atoms with Crippen molar-refractivity contribution in [1.82, 2.24) is 0 Å². The molecule has 344 valence electrons. The van der Waals surface area contributed by atoms with Gasteiger partial charge in [0.25, 0.3) is 0 Å². The van der Waals surface area contributed by atoms with Gasteiger partial charge in [-0.15, -0.1) is 0 Å². The minimum Gasteiger partial charge on any atom is -0.463 e. The minimum atomic E-state index is -1.96. The fraction of sp³-hybridized carbons (Fsp3) is 0.923. The van der Waals surface area contributed by atoms with Crippen molar-refractivity contribution in [2.45, 2.75) is 309 Å². The van der Waals surface area contributed by atoms with Crippen LogP contribution >= 0.6 is 0 Å². The Bertz CT molecular complexity index is 815. The van der Waals surface area contributed by atoms with E-state index in [1.54, 1.807) is 0 Å². The fourth-order valence-electron chi connectivity index (χ4n) is 9.77. The number of hydrogen-bond acceptors (Lipinski definition) is 4. The van der Waals surface area contributed by atoms with Gasteiger partial charge >= 0.3 is 11.9 Å². The van der Waals surface area contributed by atoms with Crippen LogP contribution in [-0.2, 0) is 19.1 Å². The van der Waals surface area contributed by atoms with E-state index in [2.05, 4.69) is 55.4 Å². The van der Waals surface area contributed by atoms with Crippen molar-refractivity contribution in [3.63, 3.8) is 0 Å². The largest absolute Gasteiger partial charge is 0.463 e. The van der Waals surface area contributed by atoms with Gasteiger partial charge in [0.15, 0.2) is 0 Å². The minimum absolute atomic E-state index is 0.0355. The molecule has 0 fully saturated rings. The fourth-order valence-corrected chi connectivity index (χ4v) is 21.3. The maximum Gasteiger partial charge on any atom is 0.330 e. The topological polar surface area (TPSA) is 52.6 Å². The number of ether oxygens (including phenoxy) is 2. The van der Waals surface area contributed by atoms with Gasteiger partial charge in [0, 0.05) is 12.2 Å². The zero-order valence-electron chi connectivity index (χ0n) is 40.8. The van der Waals surface area contributed by atoms with Crippen molar-refractivity contribution in [3.05, 3.63) is 12.2 Å². The number of carbonyl (C=O) groups excluding carboxylic acids is 2. The summed E-state index contributed by atoms with van der Waals surface area (Å²) in [5.74, 6) is -0.619. The molecule has 0 N–H and O–H groups in total. The maximum atomic E-state index is 14.0. The lowest BCUT2D eigenvalue weighted by Gasteiger charge is -2.39. The van der Waals surface area contributed by atoms with Crippen molar-refractivity contribution in [1.29, 1.82) is 0 Å². The van der Waals surface area contributed by atoms with E-state index in [1.807, 2.05) is 0 Å². The van der Waals surface area contributed by atoms with Crippen LogP contribution < -0.4 is 0 Å². The number of carbonyl (C=O) groups is 2. The number of unbranched alkanes of at least 4 members (excludes halogenated alkanes) is 22. The second-order valence-electron chi connectivity index (χ2n) is 18.8. The smallest absolute Gasteiger partial charge is 0.330 e. The number of rotatable bonds is 44. The van der Waals surface area contributed by atoms with E-state index in [9.17, 15) is 9.59 Å². The monoisotopic (exact) mass is 849 g/mol. The van der Waals surface area contributed by atoms with Crippen LogP contribution in [0.25, 0.3) is 0 Å². The predicted octanol–water partition coefficient (Wildman–Crippen LogP) is 18.0. The van der Waals surface area contributed by atoms with Crippen molar-refractivity contribution >= 4 is 28.1 Å². The third-order valence-corrected chi connectivity index (χ3v) is 25.2. The molecule has 0 saturated carbocycles. The molecule has 0 spiro atoms. The summed E-state index contributed by atoms with van der Waals surface area (Å²) in [4.78, 5) is 28.0. The molecule has 0 aliphatic rings. The standard InChI is InChI=1S/C52H104O4Si2/c1-9-17-25-33-43-57(44-34-26-18-10-2,45-35-27-19-11-3)51(39-31-23-15-7)55-49(53)41-42-50(54)56-52(40-32-24-16-8)58(46-36-28-20-12-4,47-37-29-21-13-5)48-38-30-22-14-6/h41-42,51-52H,9-40,43-48H2,1-8H3/b42-41+. The van der Waals surface area contributed by atoms with Gasteiger partial charge in [0.1, 0.15) is 16.1 Å². The van der Waals surface area contributed by atoms with E-state index in [4.69, 9.17) is 9.47 Å². The van der Waals surface area contributed by atoms with E-state index in [0.717, 1.165) is 25.7 Å². The van der Waals surface area contributed by atoms with Crippen LogP contribution in [-0.4, -0.2) is 39.5 Å². The molecule has 2 unspecified atom stereocenters. The average molecular weight is 850 g/mol. The third kappa shape index (κ3) is 27.9. The Morgan fingerprint density at radius 1 is 0.328 bits per heavy atom. The summed E-state index contributed by atoms with van der Waals surface area (Å²) in [6, 6.07) is 7.68. The molecule has 4 nitrogen and oxygen atoms in total. The van der Waals surface area contributed by atoms with Gasteiger partial charge in [-0.1, -0.05) is 284 Å². The Hall–Kier alpha value is -0.886. The lowest BCUT2D eigenvalue weighted by atomic mass is 10.2. The molecule has 0 bridgehead atoms. The quantitative estimate of drug-likeness (QED) is 0.0265. The van der Waals surface area contributed by atoms with Crippen LogP contribution in [0.3, 0.4) is 0 Å². The predicted molar refractivity (Wildman–Crippen MR) is 262 cm³/mol. The first kappa shape index (κ1) is 57.1. The highest BCUT2D eigenvalue weighted by Gasteiger charge is 2.43. The highest BCUT2D eigenvalue weighted by atomic mass is 28.3. The Morgan fingerprint density at radius 2 is 0.534 bits per heavy atom. The average Bonchev–Trinajstić information content (AvgIpc) is 3.22. The zero-order valence-corrected chi connectivity index (χ0v) is 42.8. The van der Waals surface area contributed by atoms with E-state index in [-0.39, 0.29) is 23.4 Å². The van der Waals surface area contributed by atoms with E-state index in [1.165, 1.54) is 228 Å². The Balaban J connectivity index is 6.63. The van der Waals surface area contributed by atoms with Crippen molar-refractivity contribution in [2.75, 3.05) is 0 Å².